The molecule has 0 unspecified atom stereocenters. The summed E-state index contributed by atoms with van der Waals surface area (Å²) in [5.41, 5.74) is 2.45. The molecule has 1 N–H and O–H groups in total. The first-order valence-corrected chi connectivity index (χ1v) is 9.24. The predicted octanol–water partition coefficient (Wildman–Crippen LogP) is 3.96. The molecule has 2 heterocycles. The highest BCUT2D eigenvalue weighted by atomic mass is 19.1. The molecule has 0 amide bonds. The zero-order valence-electron chi connectivity index (χ0n) is 16.8. The number of anilines is 2. The fourth-order valence-corrected chi connectivity index (χ4v) is 3.18. The Hall–Kier alpha value is -3.94. The highest BCUT2D eigenvalue weighted by molar-refractivity contribution is 6.08. The van der Waals surface area contributed by atoms with Gasteiger partial charge in [0.2, 0.25) is 11.7 Å². The Labute approximate surface area is 172 Å². The van der Waals surface area contributed by atoms with Gasteiger partial charge in [-0.15, -0.1) is 10.2 Å². The lowest BCUT2D eigenvalue weighted by atomic mass is 10.1. The fourth-order valence-electron chi connectivity index (χ4n) is 3.18. The molecule has 7 nitrogen and oxygen atoms in total. The number of ether oxygens (including phenoxy) is 1. The Kier molecular flexibility index (Phi) is 5.05. The fraction of sp³-hybridized carbons (Fsp3) is 0.136. The number of nitrogens with zero attached hydrogens (tertiary/aromatic N) is 4. The molecule has 0 saturated heterocycles. The highest BCUT2D eigenvalue weighted by Gasteiger charge is 2.18. The van der Waals surface area contributed by atoms with Crippen LogP contribution in [0, 0.1) is 5.82 Å². The van der Waals surface area contributed by atoms with E-state index < -0.39 is 0 Å². The number of aromatic nitrogens is 4. The van der Waals surface area contributed by atoms with Crippen LogP contribution in [-0.4, -0.2) is 39.7 Å². The van der Waals surface area contributed by atoms with Gasteiger partial charge in [0, 0.05) is 25.3 Å². The van der Waals surface area contributed by atoms with Gasteiger partial charge in [0.1, 0.15) is 11.6 Å². The van der Waals surface area contributed by atoms with E-state index in [1.54, 1.807) is 60.2 Å². The molecule has 0 aliphatic carbocycles. The van der Waals surface area contributed by atoms with Crippen molar-refractivity contribution in [1.82, 2.24) is 19.7 Å². The second kappa shape index (κ2) is 7.82. The van der Waals surface area contributed by atoms with E-state index in [2.05, 4.69) is 15.2 Å². The van der Waals surface area contributed by atoms with Crippen molar-refractivity contribution < 1.29 is 13.9 Å². The van der Waals surface area contributed by atoms with E-state index in [-0.39, 0.29) is 11.6 Å². The molecule has 30 heavy (non-hydrogen) atoms. The molecule has 152 valence electrons. The average Bonchev–Trinajstić information content (AvgIpc) is 3.40. The Morgan fingerprint density at radius 1 is 1.03 bits per heavy atom. The zero-order chi connectivity index (χ0) is 21.3. The SMILES string of the molecule is COc1ccc(C(=O)c2ccc(-c3nnc(N(C)c4ccc(F)cc4)n3C)[nH]2)cc1. The van der Waals surface area contributed by atoms with Gasteiger partial charge in [0.05, 0.1) is 18.5 Å². The van der Waals surface area contributed by atoms with E-state index >= 15 is 0 Å². The number of rotatable bonds is 6. The Balaban J connectivity index is 1.59. The first kappa shape index (κ1) is 19.4. The quantitative estimate of drug-likeness (QED) is 0.492. The Morgan fingerprint density at radius 3 is 2.40 bits per heavy atom. The molecule has 4 aromatic rings. The van der Waals surface area contributed by atoms with Crippen LogP contribution in [0.1, 0.15) is 16.1 Å². The van der Waals surface area contributed by atoms with Crippen molar-refractivity contribution in [3.8, 4) is 17.3 Å². The summed E-state index contributed by atoms with van der Waals surface area (Å²) in [5, 5.41) is 8.50. The van der Waals surface area contributed by atoms with Crippen molar-refractivity contribution in [2.45, 2.75) is 0 Å². The summed E-state index contributed by atoms with van der Waals surface area (Å²) in [7, 11) is 5.24. The van der Waals surface area contributed by atoms with E-state index in [0.717, 1.165) is 5.69 Å². The summed E-state index contributed by atoms with van der Waals surface area (Å²) >= 11 is 0. The number of carbonyl (C=O) groups excluding carboxylic acids is 1. The van der Waals surface area contributed by atoms with Crippen LogP contribution in [0.3, 0.4) is 0 Å². The normalized spacial score (nSPS) is 10.8. The number of hydrogen-bond acceptors (Lipinski definition) is 5. The number of H-pyrrole nitrogens is 1. The van der Waals surface area contributed by atoms with E-state index in [4.69, 9.17) is 4.74 Å². The van der Waals surface area contributed by atoms with Gasteiger partial charge in [-0.05, 0) is 60.7 Å². The molecule has 0 atom stereocenters. The minimum Gasteiger partial charge on any atom is -0.497 e. The molecule has 4 rings (SSSR count). The van der Waals surface area contributed by atoms with Crippen molar-refractivity contribution in [3.05, 3.63) is 77.7 Å². The number of halogens is 1. The molecule has 0 radical (unpaired) electrons. The van der Waals surface area contributed by atoms with E-state index in [0.29, 0.717) is 34.5 Å². The molecule has 0 bridgehead atoms. The number of nitrogens with one attached hydrogen (secondary N) is 1. The number of methoxy groups -OCH3 is 1. The van der Waals surface area contributed by atoms with Gasteiger partial charge < -0.3 is 14.6 Å². The first-order chi connectivity index (χ1) is 14.5. The third kappa shape index (κ3) is 3.55. The van der Waals surface area contributed by atoms with E-state index in [1.807, 2.05) is 19.0 Å². The molecule has 0 saturated carbocycles. The number of aromatic amines is 1. The zero-order valence-corrected chi connectivity index (χ0v) is 16.8. The van der Waals surface area contributed by atoms with Gasteiger partial charge in [-0.1, -0.05) is 0 Å². The maximum atomic E-state index is 13.2. The van der Waals surface area contributed by atoms with Crippen LogP contribution in [-0.2, 0) is 7.05 Å². The molecule has 2 aromatic heterocycles. The van der Waals surface area contributed by atoms with Crippen LogP contribution in [0.4, 0.5) is 16.0 Å². The second-order valence-corrected chi connectivity index (χ2v) is 6.76. The topological polar surface area (TPSA) is 76.0 Å². The van der Waals surface area contributed by atoms with Gasteiger partial charge in [-0.25, -0.2) is 4.39 Å². The van der Waals surface area contributed by atoms with Crippen molar-refractivity contribution in [2.75, 3.05) is 19.1 Å². The molecule has 2 aromatic carbocycles. The summed E-state index contributed by atoms with van der Waals surface area (Å²) in [6.07, 6.45) is 0. The third-order valence-electron chi connectivity index (χ3n) is 4.89. The third-order valence-corrected chi connectivity index (χ3v) is 4.89. The lowest BCUT2D eigenvalue weighted by Gasteiger charge is -2.17. The summed E-state index contributed by atoms with van der Waals surface area (Å²) < 4.78 is 20.1. The van der Waals surface area contributed by atoms with Gasteiger partial charge in [-0.3, -0.25) is 9.36 Å². The monoisotopic (exact) mass is 405 g/mol. The predicted molar refractivity (Wildman–Crippen MR) is 112 cm³/mol. The van der Waals surface area contributed by atoms with Crippen molar-refractivity contribution >= 4 is 17.4 Å². The smallest absolute Gasteiger partial charge is 0.231 e. The Bertz CT molecular complexity index is 1180. The number of ketones is 1. The van der Waals surface area contributed by atoms with E-state index in [1.165, 1.54) is 12.1 Å². The van der Waals surface area contributed by atoms with Crippen LogP contribution in [0.5, 0.6) is 5.75 Å². The lowest BCUT2D eigenvalue weighted by molar-refractivity contribution is 0.103. The summed E-state index contributed by atoms with van der Waals surface area (Å²) in [6, 6.07) is 16.6. The van der Waals surface area contributed by atoms with Crippen LogP contribution >= 0.6 is 0 Å². The van der Waals surface area contributed by atoms with E-state index in [9.17, 15) is 9.18 Å². The molecular weight excluding hydrogens is 385 g/mol. The molecule has 0 aliphatic heterocycles. The molecule has 8 heteroatoms. The standard InChI is InChI=1S/C22H20FN5O2/c1-27(16-8-6-15(23)7-9-16)22-26-25-21(28(22)2)19-13-12-18(24-19)20(29)14-4-10-17(30-3)11-5-14/h4-13,24H,1-3H3. The van der Waals surface area contributed by atoms with Gasteiger partial charge in [0.25, 0.3) is 0 Å². The van der Waals surface area contributed by atoms with Crippen molar-refractivity contribution in [2.24, 2.45) is 7.05 Å². The van der Waals surface area contributed by atoms with Gasteiger partial charge >= 0.3 is 0 Å². The van der Waals surface area contributed by atoms with Crippen LogP contribution < -0.4 is 9.64 Å². The van der Waals surface area contributed by atoms with Crippen molar-refractivity contribution in [1.29, 1.82) is 0 Å². The minimum absolute atomic E-state index is 0.130. The second-order valence-electron chi connectivity index (χ2n) is 6.76. The first-order valence-electron chi connectivity index (χ1n) is 9.24. The molecular formula is C22H20FN5O2. The summed E-state index contributed by atoms with van der Waals surface area (Å²) in [5.74, 6) is 1.42. The Morgan fingerprint density at radius 2 is 1.73 bits per heavy atom. The van der Waals surface area contributed by atoms with Crippen molar-refractivity contribution in [3.63, 3.8) is 0 Å². The lowest BCUT2D eigenvalue weighted by Crippen LogP contribution is -2.14. The maximum Gasteiger partial charge on any atom is 0.231 e. The average molecular weight is 405 g/mol. The molecule has 0 aliphatic rings. The van der Waals surface area contributed by atoms with Gasteiger partial charge in [0.15, 0.2) is 5.82 Å². The summed E-state index contributed by atoms with van der Waals surface area (Å²) in [6.45, 7) is 0. The number of benzene rings is 2. The maximum absolute atomic E-state index is 13.2. The minimum atomic E-state index is -0.300. The number of carbonyl (C=O) groups is 1. The summed E-state index contributed by atoms with van der Waals surface area (Å²) in [4.78, 5) is 17.7. The van der Waals surface area contributed by atoms with Gasteiger partial charge in [-0.2, -0.15) is 0 Å². The van der Waals surface area contributed by atoms with Crippen LogP contribution in [0.2, 0.25) is 0 Å². The number of hydrogen-bond donors (Lipinski definition) is 1. The van der Waals surface area contributed by atoms with Crippen LogP contribution in [0.15, 0.2) is 60.7 Å². The molecule has 0 spiro atoms. The van der Waals surface area contributed by atoms with Crippen LogP contribution in [0.25, 0.3) is 11.5 Å². The highest BCUT2D eigenvalue weighted by Crippen LogP contribution is 2.26. The molecule has 0 fully saturated rings. The largest absolute Gasteiger partial charge is 0.497 e.